The average Bonchev–Trinajstić information content (AvgIpc) is 3.67. The number of carbonyl (C=O) groups excluding carboxylic acids is 1. The van der Waals surface area contributed by atoms with Crippen molar-refractivity contribution in [1.29, 1.82) is 0 Å². The van der Waals surface area contributed by atoms with E-state index < -0.39 is 77.2 Å². The molecule has 6 fully saturated rings. The summed E-state index contributed by atoms with van der Waals surface area (Å²) >= 11 is 0. The zero-order valence-electron chi connectivity index (χ0n) is 27.0. The van der Waals surface area contributed by atoms with E-state index in [2.05, 4.69) is 20.4 Å². The van der Waals surface area contributed by atoms with E-state index in [-0.39, 0.29) is 11.8 Å². The molecule has 248 valence electrons. The molecule has 3 N–H and O–H groups in total. The summed E-state index contributed by atoms with van der Waals surface area (Å²) in [7, 11) is 0. The molecule has 13 atom stereocenters. The molecule has 1 aromatic rings. The van der Waals surface area contributed by atoms with Crippen molar-refractivity contribution in [3.05, 3.63) is 84.5 Å². The van der Waals surface area contributed by atoms with Gasteiger partial charge in [-0.1, -0.05) is 94.5 Å². The first-order valence-electron chi connectivity index (χ1n) is 16.7. The van der Waals surface area contributed by atoms with E-state index in [1.54, 1.807) is 12.2 Å². The van der Waals surface area contributed by atoms with E-state index in [9.17, 15) is 20.1 Å². The molecule has 6 aliphatic rings. The Balaban J connectivity index is 1.31. The fourth-order valence-electron chi connectivity index (χ4n) is 9.72. The smallest absolute Gasteiger partial charge is 0.331 e. The van der Waals surface area contributed by atoms with Crippen LogP contribution < -0.4 is 0 Å². The Labute approximate surface area is 270 Å². The van der Waals surface area contributed by atoms with Crippen LogP contribution in [0.1, 0.15) is 58.9 Å². The average molecular weight is 635 g/mol. The molecule has 3 saturated heterocycles. The molecule has 0 spiro atoms. The highest BCUT2D eigenvalue weighted by atomic mass is 16.9. The van der Waals surface area contributed by atoms with Gasteiger partial charge in [-0.05, 0) is 43.6 Å². The lowest BCUT2D eigenvalue weighted by atomic mass is 9.54. The number of rotatable bonds is 9. The summed E-state index contributed by atoms with van der Waals surface area (Å²) in [5.74, 6) is -4.06. The molecule has 0 aromatic heterocycles. The fourth-order valence-corrected chi connectivity index (χ4v) is 9.72. The van der Waals surface area contributed by atoms with Crippen LogP contribution in [-0.4, -0.2) is 74.7 Å². The van der Waals surface area contributed by atoms with Crippen molar-refractivity contribution in [2.24, 2.45) is 23.7 Å². The molecule has 3 saturated carbocycles. The topological polar surface area (TPSA) is 127 Å². The minimum atomic E-state index is -2.01. The maximum atomic E-state index is 13.2. The van der Waals surface area contributed by atoms with Crippen molar-refractivity contribution in [2.75, 3.05) is 6.61 Å². The molecule has 3 aliphatic heterocycles. The van der Waals surface area contributed by atoms with Crippen LogP contribution in [0.2, 0.25) is 0 Å². The monoisotopic (exact) mass is 634 g/mol. The third kappa shape index (κ3) is 4.09. The Kier molecular flexibility index (Phi) is 7.61. The van der Waals surface area contributed by atoms with Crippen LogP contribution in [0.3, 0.4) is 0 Å². The molecule has 4 unspecified atom stereocenters. The number of epoxide rings is 1. The second-order valence-electron chi connectivity index (χ2n) is 14.3. The molecule has 3 bridgehead atoms. The Bertz CT molecular complexity index is 1470. The number of fused-ring (bicyclic) bond motifs is 3. The third-order valence-corrected chi connectivity index (χ3v) is 11.8. The quantitative estimate of drug-likeness (QED) is 0.120. The van der Waals surface area contributed by atoms with Crippen LogP contribution in [0, 0.1) is 23.7 Å². The zero-order chi connectivity index (χ0) is 32.7. The fraction of sp³-hybridized carbons (Fsp3) is 0.595. The Morgan fingerprint density at radius 1 is 1.09 bits per heavy atom. The molecule has 7 rings (SSSR count). The lowest BCUT2D eigenvalue weighted by Gasteiger charge is -2.60. The second-order valence-corrected chi connectivity index (χ2v) is 14.3. The SMILES string of the molecule is C=C(C)[C@]12C[C@@H](C)[C@@]34OC(c5ccccc5)(OC1C3[C@@H]1O[C@]1(CO)[C@@H](O)[C@@]1(O)C4C[C@H](C)[C@@H]1OC(=O)/C=C/C=C/C=C/CCC)O2. The van der Waals surface area contributed by atoms with Crippen molar-refractivity contribution >= 4 is 5.97 Å². The Morgan fingerprint density at radius 2 is 1.83 bits per heavy atom. The van der Waals surface area contributed by atoms with Crippen LogP contribution in [0.15, 0.2) is 78.9 Å². The van der Waals surface area contributed by atoms with Gasteiger partial charge in [0.15, 0.2) is 0 Å². The number of allylic oxidation sites excluding steroid dienone is 5. The second kappa shape index (κ2) is 11.0. The van der Waals surface area contributed by atoms with Gasteiger partial charge in [0.1, 0.15) is 41.2 Å². The number of benzene rings is 1. The molecule has 0 radical (unpaired) electrons. The van der Waals surface area contributed by atoms with E-state index in [0.29, 0.717) is 18.4 Å². The minimum absolute atomic E-state index is 0.227. The number of hydrogen-bond donors (Lipinski definition) is 3. The Hall–Kier alpha value is -2.63. The number of aliphatic hydroxyl groups is 3. The maximum Gasteiger partial charge on any atom is 0.331 e. The van der Waals surface area contributed by atoms with E-state index >= 15 is 0 Å². The van der Waals surface area contributed by atoms with E-state index in [0.717, 1.165) is 18.4 Å². The van der Waals surface area contributed by atoms with Gasteiger partial charge in [0, 0.05) is 23.5 Å². The summed E-state index contributed by atoms with van der Waals surface area (Å²) < 4.78 is 33.3. The van der Waals surface area contributed by atoms with E-state index in [1.165, 1.54) is 6.08 Å². The number of aliphatic hydroxyl groups excluding tert-OH is 2. The maximum absolute atomic E-state index is 13.2. The van der Waals surface area contributed by atoms with Gasteiger partial charge >= 0.3 is 11.9 Å². The molecule has 9 nitrogen and oxygen atoms in total. The molecular weight excluding hydrogens is 588 g/mol. The summed E-state index contributed by atoms with van der Waals surface area (Å²) in [5, 5.41) is 36.0. The summed E-state index contributed by atoms with van der Waals surface area (Å²) in [6.45, 7) is 11.8. The number of ether oxygens (including phenoxy) is 5. The summed E-state index contributed by atoms with van der Waals surface area (Å²) in [4.78, 5) is 13.2. The predicted molar refractivity (Wildman–Crippen MR) is 168 cm³/mol. The molecular formula is C37H46O9. The summed E-state index contributed by atoms with van der Waals surface area (Å²) in [5.41, 5.74) is -4.13. The highest BCUT2D eigenvalue weighted by Crippen LogP contribution is 2.75. The molecule has 46 heavy (non-hydrogen) atoms. The normalized spacial score (nSPS) is 48.4. The number of esters is 1. The van der Waals surface area contributed by atoms with Gasteiger partial charge in [0.25, 0.3) is 0 Å². The van der Waals surface area contributed by atoms with Gasteiger partial charge < -0.3 is 39.0 Å². The van der Waals surface area contributed by atoms with Gasteiger partial charge in [-0.15, -0.1) is 0 Å². The Morgan fingerprint density at radius 3 is 2.52 bits per heavy atom. The summed E-state index contributed by atoms with van der Waals surface area (Å²) in [6.07, 6.45) is 9.39. The highest BCUT2D eigenvalue weighted by Gasteiger charge is 2.89. The number of unbranched alkanes of at least 4 members (excludes halogenated alkanes) is 1. The molecule has 3 aliphatic carbocycles. The highest BCUT2D eigenvalue weighted by molar-refractivity contribution is 5.82. The van der Waals surface area contributed by atoms with Crippen LogP contribution in [0.25, 0.3) is 0 Å². The van der Waals surface area contributed by atoms with Crippen molar-refractivity contribution in [1.82, 2.24) is 0 Å². The minimum Gasteiger partial charge on any atom is -0.456 e. The molecule has 9 heteroatoms. The van der Waals surface area contributed by atoms with Gasteiger partial charge in [0.05, 0.1) is 12.2 Å². The molecule has 3 heterocycles. The van der Waals surface area contributed by atoms with Gasteiger partial charge in [-0.3, -0.25) is 0 Å². The van der Waals surface area contributed by atoms with Crippen LogP contribution in [0.4, 0.5) is 0 Å². The first-order chi connectivity index (χ1) is 22.0. The van der Waals surface area contributed by atoms with Gasteiger partial charge in [-0.25, -0.2) is 4.79 Å². The third-order valence-electron chi connectivity index (χ3n) is 11.8. The van der Waals surface area contributed by atoms with Crippen molar-refractivity contribution in [3.63, 3.8) is 0 Å². The molecule has 1 aromatic carbocycles. The first kappa shape index (κ1) is 31.9. The number of hydrogen-bond acceptors (Lipinski definition) is 9. The number of carbonyl (C=O) groups is 1. The van der Waals surface area contributed by atoms with E-state index in [1.807, 2.05) is 62.4 Å². The van der Waals surface area contributed by atoms with Crippen molar-refractivity contribution < 1.29 is 43.8 Å². The van der Waals surface area contributed by atoms with Crippen LogP contribution in [0.5, 0.6) is 0 Å². The van der Waals surface area contributed by atoms with Crippen LogP contribution >= 0.6 is 0 Å². The van der Waals surface area contributed by atoms with Gasteiger partial charge in [-0.2, -0.15) is 0 Å². The van der Waals surface area contributed by atoms with E-state index in [4.69, 9.17) is 23.7 Å². The first-order valence-corrected chi connectivity index (χ1v) is 16.7. The predicted octanol–water partition coefficient (Wildman–Crippen LogP) is 4.22. The van der Waals surface area contributed by atoms with Gasteiger partial charge in [0.2, 0.25) is 0 Å². The largest absolute Gasteiger partial charge is 0.456 e. The van der Waals surface area contributed by atoms with Crippen molar-refractivity contribution in [2.45, 2.75) is 106 Å². The lowest BCUT2D eigenvalue weighted by Crippen LogP contribution is -2.72. The van der Waals surface area contributed by atoms with Crippen LogP contribution in [-0.2, 0) is 34.5 Å². The molecule has 0 amide bonds. The van der Waals surface area contributed by atoms with Crippen molar-refractivity contribution in [3.8, 4) is 0 Å². The lowest BCUT2D eigenvalue weighted by molar-refractivity contribution is -0.443. The zero-order valence-corrected chi connectivity index (χ0v) is 27.0. The summed E-state index contributed by atoms with van der Waals surface area (Å²) in [6, 6.07) is 9.46. The standard InChI is InChI=1S/C37H46O9/c1-6-7-8-9-10-11-15-18-27(39)42-29-23(4)19-26-35(29,41)32(40)34(21-38)31(43-34)28-30-33(22(2)3)20-24(5)36(26,28)46-37(44-30,45-33)25-16-13-12-14-17-25/h8-18,23-24,26,28-32,38,40-41H,2,6-7,19-21H2,1,3-5H3/b9-8+,11-10+,18-15+/t23-,24+,26?,28?,29-,30?,31-,32+,33+,34-,35+,36-,37?/m0/s1.